The van der Waals surface area contributed by atoms with Crippen molar-refractivity contribution in [2.75, 3.05) is 0 Å². The molecule has 6 aromatic rings. The topological polar surface area (TPSA) is 81.2 Å². The molecule has 3 atom stereocenters. The number of benzene rings is 3. The van der Waals surface area contributed by atoms with Crippen molar-refractivity contribution in [3.63, 3.8) is 0 Å². The van der Waals surface area contributed by atoms with Crippen LogP contribution in [0.2, 0.25) is 0 Å². The van der Waals surface area contributed by atoms with E-state index < -0.39 is 0 Å². The Balaban J connectivity index is 1.30. The number of nitriles is 3. The maximum absolute atomic E-state index is 10.2. The third-order valence-corrected chi connectivity index (χ3v) is 10.5. The average molecular weight is 656 g/mol. The van der Waals surface area contributed by atoms with E-state index >= 15 is 0 Å². The third kappa shape index (κ3) is 4.99. The predicted molar refractivity (Wildman–Crippen MR) is 206 cm³/mol. The molecule has 0 fully saturated rings. The van der Waals surface area contributed by atoms with E-state index in [-0.39, 0.29) is 17.9 Å². The summed E-state index contributed by atoms with van der Waals surface area (Å²) in [6.07, 6.45) is 15.8. The first kappa shape index (κ1) is 31.5. The van der Waals surface area contributed by atoms with Crippen LogP contribution in [0.15, 0.2) is 109 Å². The van der Waals surface area contributed by atoms with Crippen molar-refractivity contribution >= 4 is 55.6 Å². The fourth-order valence-corrected chi connectivity index (χ4v) is 7.99. The molecule has 8 rings (SSSR count). The van der Waals surface area contributed by atoms with Crippen molar-refractivity contribution in [3.8, 4) is 18.2 Å². The molecule has 51 heavy (non-hydrogen) atoms. The third-order valence-electron chi connectivity index (χ3n) is 10.5. The minimum absolute atomic E-state index is 0.0809. The number of nitrogens with zero attached hydrogens (tertiary/aromatic N) is 5. The van der Waals surface area contributed by atoms with E-state index in [4.69, 9.17) is 0 Å². The van der Waals surface area contributed by atoms with Crippen molar-refractivity contribution in [1.29, 1.82) is 15.8 Å². The van der Waals surface area contributed by atoms with E-state index in [0.29, 0.717) is 11.1 Å². The summed E-state index contributed by atoms with van der Waals surface area (Å²) in [6, 6.07) is 37.9. The number of aromatic nitrogens is 2. The van der Waals surface area contributed by atoms with Gasteiger partial charge in [0.05, 0.1) is 57.7 Å². The first-order valence-electron chi connectivity index (χ1n) is 17.2. The van der Waals surface area contributed by atoms with E-state index in [1.165, 1.54) is 0 Å². The predicted octanol–water partition coefficient (Wildman–Crippen LogP) is 10.7. The van der Waals surface area contributed by atoms with Crippen LogP contribution in [0.3, 0.4) is 0 Å². The van der Waals surface area contributed by atoms with Gasteiger partial charge in [0.2, 0.25) is 0 Å². The van der Waals surface area contributed by atoms with Crippen LogP contribution in [-0.2, 0) is 0 Å². The molecule has 0 N–H and O–H groups in total. The number of hydrogen-bond donors (Lipinski definition) is 0. The van der Waals surface area contributed by atoms with Gasteiger partial charge in [-0.05, 0) is 97.1 Å². The SMILES string of the molecule is C/C=C\c1c(C)c2cc(C#N)ccc2n1C1C=CC(c2ccc(C#N)cc2C2=C(n3c4ccc#cc4c4ccccc43)C(C)C(C#N)C=C2)=CC1. The highest BCUT2D eigenvalue weighted by atomic mass is 15.0. The number of rotatable bonds is 5. The summed E-state index contributed by atoms with van der Waals surface area (Å²) in [6.45, 7) is 6.28. The fraction of sp³-hybridized carbons (Fsp3) is 0.152. The molecule has 0 saturated heterocycles. The summed E-state index contributed by atoms with van der Waals surface area (Å²) in [5, 5.41) is 33.1. The lowest BCUT2D eigenvalue weighted by Crippen LogP contribution is -2.19. The van der Waals surface area contributed by atoms with E-state index in [0.717, 1.165) is 78.4 Å². The number of fused-ring (bicyclic) bond motifs is 4. The molecule has 2 aliphatic rings. The van der Waals surface area contributed by atoms with Crippen molar-refractivity contribution in [1.82, 2.24) is 9.13 Å². The highest BCUT2D eigenvalue weighted by Gasteiger charge is 2.30. The van der Waals surface area contributed by atoms with E-state index in [9.17, 15) is 15.8 Å². The zero-order chi connectivity index (χ0) is 35.2. The minimum atomic E-state index is -0.313. The summed E-state index contributed by atoms with van der Waals surface area (Å²) < 4.78 is 4.66. The number of aryl methyl sites for hydroxylation is 1. The smallest absolute Gasteiger partial charge is 0.0991 e. The summed E-state index contributed by atoms with van der Waals surface area (Å²) in [7, 11) is 0. The Hall–Kier alpha value is -6.79. The lowest BCUT2D eigenvalue weighted by Gasteiger charge is -2.29. The van der Waals surface area contributed by atoms with Gasteiger partial charge in [-0.15, -0.1) is 0 Å². The quantitative estimate of drug-likeness (QED) is 0.185. The van der Waals surface area contributed by atoms with Crippen molar-refractivity contribution in [3.05, 3.63) is 155 Å². The normalized spacial score (nSPS) is 18.6. The second kappa shape index (κ2) is 12.6. The molecule has 2 aliphatic carbocycles. The number of para-hydroxylation sites is 1. The Morgan fingerprint density at radius 2 is 1.65 bits per heavy atom. The molecule has 0 amide bonds. The first-order valence-corrected chi connectivity index (χ1v) is 17.2. The van der Waals surface area contributed by atoms with Gasteiger partial charge in [-0.1, -0.05) is 79.8 Å². The van der Waals surface area contributed by atoms with Crippen LogP contribution in [0.1, 0.15) is 59.8 Å². The van der Waals surface area contributed by atoms with E-state index in [2.05, 4.69) is 120 Å². The molecule has 4 aromatic carbocycles. The molecule has 0 spiro atoms. The lowest BCUT2D eigenvalue weighted by molar-refractivity contribution is 0.616. The molecule has 3 unspecified atom stereocenters. The summed E-state index contributed by atoms with van der Waals surface area (Å²) in [4.78, 5) is 0. The summed E-state index contributed by atoms with van der Waals surface area (Å²) >= 11 is 0. The molecule has 0 saturated carbocycles. The highest BCUT2D eigenvalue weighted by Crippen LogP contribution is 2.45. The summed E-state index contributed by atoms with van der Waals surface area (Å²) in [5.41, 5.74) is 11.8. The molecular weight excluding hydrogens is 623 g/mol. The lowest BCUT2D eigenvalue weighted by atomic mass is 9.80. The van der Waals surface area contributed by atoms with Crippen molar-refractivity contribution < 1.29 is 0 Å². The Kier molecular flexibility index (Phi) is 7.77. The Labute approximate surface area is 297 Å². The van der Waals surface area contributed by atoms with Crippen LogP contribution >= 0.6 is 0 Å². The first-order chi connectivity index (χ1) is 25.0. The van der Waals surface area contributed by atoms with Gasteiger partial charge in [0.25, 0.3) is 0 Å². The van der Waals surface area contributed by atoms with Crippen LogP contribution in [0.25, 0.3) is 55.6 Å². The molecule has 0 bridgehead atoms. The molecule has 5 heteroatoms. The van der Waals surface area contributed by atoms with Gasteiger partial charge in [0, 0.05) is 39.2 Å². The van der Waals surface area contributed by atoms with Crippen LogP contribution in [-0.4, -0.2) is 9.13 Å². The van der Waals surface area contributed by atoms with Crippen LogP contribution in [0, 0.1) is 64.9 Å². The zero-order valence-electron chi connectivity index (χ0n) is 28.6. The fourth-order valence-electron chi connectivity index (χ4n) is 7.99. The molecule has 242 valence electrons. The van der Waals surface area contributed by atoms with Crippen molar-refractivity contribution in [2.24, 2.45) is 11.8 Å². The number of allylic oxidation sites excluding steroid dienone is 9. The van der Waals surface area contributed by atoms with Crippen LogP contribution in [0.4, 0.5) is 0 Å². The minimum Gasteiger partial charge on any atom is -0.333 e. The van der Waals surface area contributed by atoms with Gasteiger partial charge in [-0.25, -0.2) is 0 Å². The van der Waals surface area contributed by atoms with E-state index in [1.807, 2.05) is 55.5 Å². The molecule has 0 radical (unpaired) electrons. The van der Waals surface area contributed by atoms with Gasteiger partial charge in [0.1, 0.15) is 0 Å². The monoisotopic (exact) mass is 655 g/mol. The second-order valence-electron chi connectivity index (χ2n) is 13.2. The van der Waals surface area contributed by atoms with Gasteiger partial charge < -0.3 is 9.13 Å². The zero-order valence-corrected chi connectivity index (χ0v) is 28.6. The van der Waals surface area contributed by atoms with Gasteiger partial charge in [0.15, 0.2) is 0 Å². The maximum atomic E-state index is 10.2. The molecule has 5 nitrogen and oxygen atoms in total. The molecule has 2 aromatic heterocycles. The van der Waals surface area contributed by atoms with Gasteiger partial charge >= 0.3 is 0 Å². The Bertz CT molecular complexity index is 2650. The molecule has 0 aliphatic heterocycles. The van der Waals surface area contributed by atoms with Gasteiger partial charge in [-0.3, -0.25) is 0 Å². The van der Waals surface area contributed by atoms with Crippen LogP contribution < -0.4 is 0 Å². The second-order valence-corrected chi connectivity index (χ2v) is 13.2. The largest absolute Gasteiger partial charge is 0.333 e. The number of hydrogen-bond acceptors (Lipinski definition) is 3. The maximum Gasteiger partial charge on any atom is 0.0991 e. The average Bonchev–Trinajstić information content (AvgIpc) is 3.65. The molecule has 2 heterocycles. The highest BCUT2D eigenvalue weighted by molar-refractivity contribution is 6.11. The van der Waals surface area contributed by atoms with E-state index in [1.54, 1.807) is 0 Å². The Morgan fingerprint density at radius 1 is 0.843 bits per heavy atom. The summed E-state index contributed by atoms with van der Waals surface area (Å²) in [5.74, 6) is -0.444. The Morgan fingerprint density at radius 3 is 2.41 bits per heavy atom. The standard InChI is InChI=1S/C46H33N5/c1-4-9-42-30(3)40-24-32(27-48)15-23-45(40)50(42)35-19-16-33(17-20-35)36-21-14-31(26-47)25-41(36)39-22-18-34(28-49)29(2)46(39)51-43-12-7-5-10-37(43)38-11-6-8-13-44(38)51/h4-5,7-10,12-19,21-25,29,34-35H,20H2,1-3H3/b9-4-. The van der Waals surface area contributed by atoms with Gasteiger partial charge in [-0.2, -0.15) is 15.8 Å². The molecular formula is C46H33N5. The van der Waals surface area contributed by atoms with Crippen molar-refractivity contribution in [2.45, 2.75) is 33.2 Å². The van der Waals surface area contributed by atoms with Crippen LogP contribution in [0.5, 0.6) is 0 Å².